The minimum absolute atomic E-state index is 0.507. The van der Waals surface area contributed by atoms with Crippen LogP contribution in [0.3, 0.4) is 0 Å². The van der Waals surface area contributed by atoms with E-state index in [0.29, 0.717) is 12.0 Å². The van der Waals surface area contributed by atoms with E-state index in [0.717, 1.165) is 56.0 Å². The summed E-state index contributed by atoms with van der Waals surface area (Å²) in [7, 11) is 0. The molecule has 148 valence electrons. The molecule has 6 nitrogen and oxygen atoms in total. The first-order valence-electron chi connectivity index (χ1n) is 10.9. The van der Waals surface area contributed by atoms with Crippen LogP contribution < -0.4 is 15.5 Å². The third-order valence-electron chi connectivity index (χ3n) is 6.39. The first-order chi connectivity index (χ1) is 13.8. The molecular weight excluding hydrogens is 348 g/mol. The third kappa shape index (κ3) is 3.83. The van der Waals surface area contributed by atoms with E-state index >= 15 is 0 Å². The number of aromatic nitrogens is 3. The van der Waals surface area contributed by atoms with Crippen LogP contribution in [0.5, 0.6) is 0 Å². The minimum Gasteiger partial charge on any atom is -0.338 e. The lowest BCUT2D eigenvalue weighted by Crippen LogP contribution is -2.30. The Balaban J connectivity index is 1.46. The first-order valence-corrected chi connectivity index (χ1v) is 10.9. The SMILES string of the molecule is C[C@@H]1CCCN1c1nc(Nc2cc(C3CC3)ccn2)cc(C2CCNCC2)n1. The zero-order valence-electron chi connectivity index (χ0n) is 16.7. The summed E-state index contributed by atoms with van der Waals surface area (Å²) in [6.45, 7) is 5.46. The molecular formula is C22H30N6. The number of piperidine rings is 1. The fraction of sp³-hybridized carbons (Fsp3) is 0.591. The van der Waals surface area contributed by atoms with Gasteiger partial charge in [0.2, 0.25) is 5.95 Å². The molecule has 2 aliphatic heterocycles. The lowest BCUT2D eigenvalue weighted by molar-refractivity contribution is 0.452. The molecule has 2 aromatic rings. The molecule has 1 atom stereocenters. The summed E-state index contributed by atoms with van der Waals surface area (Å²) < 4.78 is 0. The number of pyridine rings is 1. The molecule has 1 saturated carbocycles. The molecule has 1 aliphatic carbocycles. The molecule has 0 bridgehead atoms. The van der Waals surface area contributed by atoms with Gasteiger partial charge in [-0.1, -0.05) is 0 Å². The molecule has 3 aliphatic rings. The van der Waals surface area contributed by atoms with Crippen LogP contribution in [0.4, 0.5) is 17.6 Å². The van der Waals surface area contributed by atoms with E-state index in [2.05, 4.69) is 45.6 Å². The van der Waals surface area contributed by atoms with Crippen LogP contribution in [0.2, 0.25) is 0 Å². The van der Waals surface area contributed by atoms with Gasteiger partial charge in [-0.15, -0.1) is 0 Å². The van der Waals surface area contributed by atoms with Gasteiger partial charge in [-0.25, -0.2) is 9.97 Å². The molecule has 3 fully saturated rings. The van der Waals surface area contributed by atoms with Crippen molar-refractivity contribution in [3.8, 4) is 0 Å². The van der Waals surface area contributed by atoms with Gasteiger partial charge in [-0.05, 0) is 82.2 Å². The van der Waals surface area contributed by atoms with Crippen LogP contribution in [0.1, 0.15) is 68.5 Å². The number of hydrogen-bond acceptors (Lipinski definition) is 6. The summed E-state index contributed by atoms with van der Waals surface area (Å²) in [6, 6.07) is 6.97. The van der Waals surface area contributed by atoms with Gasteiger partial charge in [0.15, 0.2) is 0 Å². The fourth-order valence-corrected chi connectivity index (χ4v) is 4.52. The zero-order chi connectivity index (χ0) is 18.9. The van der Waals surface area contributed by atoms with Crippen molar-refractivity contribution >= 4 is 17.6 Å². The number of nitrogens with one attached hydrogen (secondary N) is 2. The predicted molar refractivity (Wildman–Crippen MR) is 112 cm³/mol. The lowest BCUT2D eigenvalue weighted by atomic mass is 9.94. The molecule has 4 heterocycles. The van der Waals surface area contributed by atoms with E-state index in [-0.39, 0.29) is 0 Å². The Kier molecular flexibility index (Phi) is 4.89. The Hall–Kier alpha value is -2.21. The fourth-order valence-electron chi connectivity index (χ4n) is 4.52. The van der Waals surface area contributed by atoms with Gasteiger partial charge in [0.1, 0.15) is 11.6 Å². The van der Waals surface area contributed by atoms with Crippen LogP contribution in [-0.2, 0) is 0 Å². The zero-order valence-corrected chi connectivity index (χ0v) is 16.7. The van der Waals surface area contributed by atoms with Crippen molar-refractivity contribution in [2.75, 3.05) is 29.9 Å². The van der Waals surface area contributed by atoms with E-state index in [1.807, 2.05) is 6.20 Å². The molecule has 0 spiro atoms. The summed E-state index contributed by atoms with van der Waals surface area (Å²) in [5, 5.41) is 6.94. The topological polar surface area (TPSA) is 66.0 Å². The van der Waals surface area contributed by atoms with Crippen molar-refractivity contribution in [2.45, 2.75) is 63.3 Å². The maximum atomic E-state index is 5.01. The summed E-state index contributed by atoms with van der Waals surface area (Å²) in [5.74, 6) is 3.87. The Morgan fingerprint density at radius 1 is 1.00 bits per heavy atom. The number of nitrogens with zero attached hydrogens (tertiary/aromatic N) is 4. The van der Waals surface area contributed by atoms with Crippen molar-refractivity contribution in [1.29, 1.82) is 0 Å². The molecule has 0 aromatic carbocycles. The van der Waals surface area contributed by atoms with E-state index in [1.165, 1.54) is 36.9 Å². The van der Waals surface area contributed by atoms with Crippen LogP contribution >= 0.6 is 0 Å². The summed E-state index contributed by atoms with van der Waals surface area (Å²) >= 11 is 0. The molecule has 2 N–H and O–H groups in total. The van der Waals surface area contributed by atoms with Gasteiger partial charge in [0.25, 0.3) is 0 Å². The maximum absolute atomic E-state index is 5.01. The predicted octanol–water partition coefficient (Wildman–Crippen LogP) is 3.95. The van der Waals surface area contributed by atoms with Gasteiger partial charge in [-0.3, -0.25) is 0 Å². The van der Waals surface area contributed by atoms with Gasteiger partial charge in [0, 0.05) is 30.8 Å². The normalized spacial score (nSPS) is 23.2. The van der Waals surface area contributed by atoms with Gasteiger partial charge in [0.05, 0.1) is 5.69 Å². The smallest absolute Gasteiger partial charge is 0.227 e. The van der Waals surface area contributed by atoms with Crippen molar-refractivity contribution in [1.82, 2.24) is 20.3 Å². The second-order valence-electron chi connectivity index (χ2n) is 8.56. The summed E-state index contributed by atoms with van der Waals surface area (Å²) in [5.41, 5.74) is 2.56. The van der Waals surface area contributed by atoms with Crippen molar-refractivity contribution in [3.63, 3.8) is 0 Å². The molecule has 28 heavy (non-hydrogen) atoms. The van der Waals surface area contributed by atoms with E-state index < -0.39 is 0 Å². The molecule has 2 saturated heterocycles. The van der Waals surface area contributed by atoms with Crippen LogP contribution in [0.15, 0.2) is 24.4 Å². The highest BCUT2D eigenvalue weighted by Crippen LogP contribution is 2.40. The number of anilines is 3. The standard InChI is InChI=1S/C22H30N6/c1-15-3-2-12-28(15)22-25-19(17-6-9-23-10-7-17)14-21(27-22)26-20-13-18(8-11-24-20)16-4-5-16/h8,11,13-17,23H,2-7,9-10,12H2,1H3,(H,24,25,26,27)/t15-/m1/s1. The highest BCUT2D eigenvalue weighted by Gasteiger charge is 2.26. The van der Waals surface area contributed by atoms with Crippen LogP contribution in [0, 0.1) is 0 Å². The van der Waals surface area contributed by atoms with Crippen molar-refractivity contribution in [3.05, 3.63) is 35.7 Å². The molecule has 6 heteroatoms. The number of hydrogen-bond donors (Lipinski definition) is 2. The maximum Gasteiger partial charge on any atom is 0.227 e. The largest absolute Gasteiger partial charge is 0.338 e. The monoisotopic (exact) mass is 378 g/mol. The lowest BCUT2D eigenvalue weighted by Gasteiger charge is -2.26. The van der Waals surface area contributed by atoms with Gasteiger partial charge in [-0.2, -0.15) is 4.98 Å². The Morgan fingerprint density at radius 2 is 1.86 bits per heavy atom. The molecule has 0 amide bonds. The Bertz CT molecular complexity index is 828. The van der Waals surface area contributed by atoms with Crippen LogP contribution in [0.25, 0.3) is 0 Å². The van der Waals surface area contributed by atoms with E-state index in [9.17, 15) is 0 Å². The Morgan fingerprint density at radius 3 is 2.61 bits per heavy atom. The van der Waals surface area contributed by atoms with E-state index in [4.69, 9.17) is 9.97 Å². The minimum atomic E-state index is 0.507. The highest BCUT2D eigenvalue weighted by molar-refractivity contribution is 5.56. The van der Waals surface area contributed by atoms with Crippen LogP contribution in [-0.4, -0.2) is 40.6 Å². The van der Waals surface area contributed by atoms with Gasteiger partial charge < -0.3 is 15.5 Å². The molecule has 2 aromatic heterocycles. The quantitative estimate of drug-likeness (QED) is 0.821. The summed E-state index contributed by atoms with van der Waals surface area (Å²) in [6.07, 6.45) is 9.22. The molecule has 5 rings (SSSR count). The first kappa shape index (κ1) is 17.9. The molecule has 0 unspecified atom stereocenters. The third-order valence-corrected chi connectivity index (χ3v) is 6.39. The average Bonchev–Trinajstić information content (AvgIpc) is 3.49. The summed E-state index contributed by atoms with van der Waals surface area (Å²) in [4.78, 5) is 16.8. The Labute approximate surface area is 167 Å². The molecule has 0 radical (unpaired) electrons. The average molecular weight is 379 g/mol. The highest BCUT2D eigenvalue weighted by atomic mass is 15.3. The van der Waals surface area contributed by atoms with Crippen molar-refractivity contribution < 1.29 is 0 Å². The van der Waals surface area contributed by atoms with Gasteiger partial charge >= 0.3 is 0 Å². The number of rotatable bonds is 5. The second-order valence-corrected chi connectivity index (χ2v) is 8.56. The second kappa shape index (κ2) is 7.66. The van der Waals surface area contributed by atoms with Crippen molar-refractivity contribution in [2.24, 2.45) is 0 Å². The van der Waals surface area contributed by atoms with E-state index in [1.54, 1.807) is 0 Å².